The summed E-state index contributed by atoms with van der Waals surface area (Å²) in [6.07, 6.45) is 4.24. The number of thioether (sulfide) groups is 1. The van der Waals surface area contributed by atoms with E-state index in [0.717, 1.165) is 31.1 Å². The molecule has 0 saturated carbocycles. The molecule has 3 unspecified atom stereocenters. The lowest BCUT2D eigenvalue weighted by molar-refractivity contribution is -0.130. The zero-order chi connectivity index (χ0) is 21.4. The van der Waals surface area contributed by atoms with Gasteiger partial charge in [0.25, 0.3) is 0 Å². The van der Waals surface area contributed by atoms with Crippen molar-refractivity contribution in [3.8, 4) is 0 Å². The molecule has 0 aromatic carbocycles. The molecule has 2 fully saturated rings. The first-order valence-electron chi connectivity index (χ1n) is 9.91. The number of nitrogens with one attached hydrogen (secondary N) is 5. The molecule has 2 saturated heterocycles. The van der Waals surface area contributed by atoms with Crippen molar-refractivity contribution in [3.05, 3.63) is 12.7 Å². The third-order valence-electron chi connectivity index (χ3n) is 5.00. The van der Waals surface area contributed by atoms with E-state index in [0.29, 0.717) is 18.2 Å². The maximum atomic E-state index is 12.1. The van der Waals surface area contributed by atoms with Crippen molar-refractivity contribution < 1.29 is 19.2 Å². The van der Waals surface area contributed by atoms with Gasteiger partial charge in [0, 0.05) is 30.5 Å². The lowest BCUT2D eigenvalue weighted by Gasteiger charge is -2.24. The Morgan fingerprint density at radius 3 is 2.66 bits per heavy atom. The van der Waals surface area contributed by atoms with Crippen LogP contribution in [0.5, 0.6) is 0 Å². The minimum absolute atomic E-state index is 0.0498. The van der Waals surface area contributed by atoms with Crippen molar-refractivity contribution in [2.75, 3.05) is 18.8 Å². The van der Waals surface area contributed by atoms with E-state index in [1.807, 2.05) is 11.8 Å². The molecule has 0 radical (unpaired) electrons. The summed E-state index contributed by atoms with van der Waals surface area (Å²) in [5.74, 6) is 0.138. The predicted octanol–water partition coefficient (Wildman–Crippen LogP) is 0.0254. The highest BCUT2D eigenvalue weighted by molar-refractivity contribution is 8.00. The van der Waals surface area contributed by atoms with Gasteiger partial charge in [-0.3, -0.25) is 14.4 Å². The number of carbonyl (C=O) groups is 4. The van der Waals surface area contributed by atoms with Crippen LogP contribution in [0.15, 0.2) is 12.7 Å². The van der Waals surface area contributed by atoms with Gasteiger partial charge in [0.05, 0.1) is 12.1 Å². The molecule has 5 N–H and O–H groups in total. The number of unbranched alkanes of at least 4 members (excludes halogenated alkanes) is 1. The Labute approximate surface area is 175 Å². The fraction of sp³-hybridized carbons (Fsp3) is 0.684. The van der Waals surface area contributed by atoms with Gasteiger partial charge in [0.1, 0.15) is 5.54 Å². The first kappa shape index (κ1) is 23.1. The van der Waals surface area contributed by atoms with Crippen LogP contribution in [0.3, 0.4) is 0 Å². The number of rotatable bonds is 11. The van der Waals surface area contributed by atoms with Crippen molar-refractivity contribution >= 4 is 35.5 Å². The summed E-state index contributed by atoms with van der Waals surface area (Å²) in [6, 6.07) is 0.347. The molecule has 5 amide bonds. The van der Waals surface area contributed by atoms with Crippen LogP contribution in [0.1, 0.15) is 39.5 Å². The molecule has 3 atom stereocenters. The lowest BCUT2D eigenvalue weighted by atomic mass is 10.0. The first-order chi connectivity index (χ1) is 13.7. The van der Waals surface area contributed by atoms with E-state index in [1.165, 1.54) is 0 Å². The van der Waals surface area contributed by atoms with Crippen LogP contribution in [0.2, 0.25) is 0 Å². The van der Waals surface area contributed by atoms with Crippen LogP contribution in [0, 0.1) is 0 Å². The topological polar surface area (TPSA) is 128 Å². The maximum absolute atomic E-state index is 12.1. The van der Waals surface area contributed by atoms with Gasteiger partial charge >= 0.3 is 6.03 Å². The molecule has 2 heterocycles. The number of urea groups is 1. The highest BCUT2D eigenvalue weighted by atomic mass is 32.2. The Hall–Kier alpha value is -2.23. The summed E-state index contributed by atoms with van der Waals surface area (Å²) in [6.45, 7) is 7.17. The molecular weight excluding hydrogens is 394 g/mol. The van der Waals surface area contributed by atoms with E-state index in [-0.39, 0.29) is 36.5 Å². The third kappa shape index (κ3) is 6.95. The Kier molecular flexibility index (Phi) is 8.36. The molecule has 29 heavy (non-hydrogen) atoms. The van der Waals surface area contributed by atoms with Crippen LogP contribution in [-0.4, -0.2) is 65.5 Å². The van der Waals surface area contributed by atoms with Gasteiger partial charge in [-0.25, -0.2) is 4.79 Å². The molecular formula is C19H31N5O4S. The van der Waals surface area contributed by atoms with E-state index in [9.17, 15) is 19.2 Å². The summed E-state index contributed by atoms with van der Waals surface area (Å²) in [5.41, 5.74) is -1.05. The summed E-state index contributed by atoms with van der Waals surface area (Å²) >= 11 is 1.87. The van der Waals surface area contributed by atoms with Crippen molar-refractivity contribution in [2.45, 2.75) is 62.4 Å². The summed E-state index contributed by atoms with van der Waals surface area (Å²) in [7, 11) is 0. The monoisotopic (exact) mass is 425 g/mol. The van der Waals surface area contributed by atoms with Gasteiger partial charge in [0.15, 0.2) is 0 Å². The molecule has 162 valence electrons. The molecule has 0 spiro atoms. The Bertz CT molecular complexity index is 655. The summed E-state index contributed by atoms with van der Waals surface area (Å²) in [5, 5.41) is 14.3. The number of hydrogen-bond donors (Lipinski definition) is 5. The Balaban J connectivity index is 1.53. The highest BCUT2D eigenvalue weighted by Crippen LogP contribution is 2.33. The van der Waals surface area contributed by atoms with Crippen LogP contribution in [-0.2, 0) is 14.4 Å². The Morgan fingerprint density at radius 2 is 1.93 bits per heavy atom. The van der Waals surface area contributed by atoms with Gasteiger partial charge in [0.2, 0.25) is 17.7 Å². The first-order valence-corrected chi connectivity index (χ1v) is 11.0. The highest BCUT2D eigenvalue weighted by Gasteiger charge is 2.42. The number of carbonyl (C=O) groups excluding carboxylic acids is 4. The quantitative estimate of drug-likeness (QED) is 0.181. The average molecular weight is 426 g/mol. The van der Waals surface area contributed by atoms with E-state index < -0.39 is 11.4 Å². The number of amides is 5. The average Bonchev–Trinajstić information content (AvgIpc) is 3.21. The van der Waals surface area contributed by atoms with Crippen LogP contribution < -0.4 is 26.6 Å². The fourth-order valence-electron chi connectivity index (χ4n) is 3.38. The molecule has 10 heteroatoms. The van der Waals surface area contributed by atoms with Gasteiger partial charge < -0.3 is 26.6 Å². The normalized spacial score (nSPS) is 22.8. The third-order valence-corrected chi connectivity index (χ3v) is 6.51. The zero-order valence-corrected chi connectivity index (χ0v) is 17.8. The molecule has 0 aromatic heterocycles. The smallest absolute Gasteiger partial charge is 0.315 e. The van der Waals surface area contributed by atoms with Gasteiger partial charge in [-0.05, 0) is 32.8 Å². The lowest BCUT2D eigenvalue weighted by Crippen LogP contribution is -2.55. The van der Waals surface area contributed by atoms with Crippen molar-refractivity contribution in [1.29, 1.82) is 0 Å². The molecule has 2 aliphatic rings. The second-order valence-corrected chi connectivity index (χ2v) is 9.06. The standard InChI is InChI=1S/C19H31N5O4S/c1-4-14(25)24-19(2,3)17(27)21-10-9-20-15(26)8-6-5-7-13-16-12(11-29-13)22-18(28)23-16/h4,12-13,16H,1,5-11H2,2-3H3,(H,20,26)(H,21,27)(H,24,25)(H2,22,23,28). The van der Waals surface area contributed by atoms with Crippen molar-refractivity contribution in [1.82, 2.24) is 26.6 Å². The molecule has 9 nitrogen and oxygen atoms in total. The SMILES string of the molecule is C=CC(=O)NC(C)(C)C(=O)NCCNC(=O)CCCCC1SCC2NC(=O)NC21. The van der Waals surface area contributed by atoms with E-state index in [4.69, 9.17) is 0 Å². The van der Waals surface area contributed by atoms with Crippen LogP contribution >= 0.6 is 11.8 Å². The van der Waals surface area contributed by atoms with E-state index >= 15 is 0 Å². The number of hydrogen-bond acceptors (Lipinski definition) is 5. The van der Waals surface area contributed by atoms with Crippen molar-refractivity contribution in [3.63, 3.8) is 0 Å². The van der Waals surface area contributed by atoms with Crippen LogP contribution in [0.25, 0.3) is 0 Å². The largest absolute Gasteiger partial charge is 0.354 e. The molecule has 0 aromatic rings. The van der Waals surface area contributed by atoms with E-state index in [2.05, 4.69) is 33.2 Å². The summed E-state index contributed by atoms with van der Waals surface area (Å²) in [4.78, 5) is 46.7. The maximum Gasteiger partial charge on any atom is 0.315 e. The second kappa shape index (κ2) is 10.5. The van der Waals surface area contributed by atoms with E-state index in [1.54, 1.807) is 13.8 Å². The van der Waals surface area contributed by atoms with Crippen molar-refractivity contribution in [2.24, 2.45) is 0 Å². The second-order valence-electron chi connectivity index (χ2n) is 7.79. The molecule has 0 bridgehead atoms. The minimum Gasteiger partial charge on any atom is -0.354 e. The fourth-order valence-corrected chi connectivity index (χ4v) is 4.92. The predicted molar refractivity (Wildman–Crippen MR) is 112 cm³/mol. The van der Waals surface area contributed by atoms with Gasteiger partial charge in [-0.15, -0.1) is 0 Å². The summed E-state index contributed by atoms with van der Waals surface area (Å²) < 4.78 is 0. The van der Waals surface area contributed by atoms with Gasteiger partial charge in [-0.2, -0.15) is 11.8 Å². The molecule has 2 aliphatic heterocycles. The molecule has 0 aliphatic carbocycles. The molecule has 2 rings (SSSR count). The van der Waals surface area contributed by atoms with Gasteiger partial charge in [-0.1, -0.05) is 13.0 Å². The number of fused-ring (bicyclic) bond motifs is 1. The zero-order valence-electron chi connectivity index (χ0n) is 17.0. The minimum atomic E-state index is -1.05. The Morgan fingerprint density at radius 1 is 1.21 bits per heavy atom. The van der Waals surface area contributed by atoms with Crippen LogP contribution in [0.4, 0.5) is 4.79 Å².